The average Bonchev–Trinajstić information content (AvgIpc) is 3.18. The summed E-state index contributed by atoms with van der Waals surface area (Å²) in [6, 6.07) is 45.1. The molecule has 7 aromatic rings. The van der Waals surface area contributed by atoms with Gasteiger partial charge in [0.2, 0.25) is 0 Å². The monoisotopic (exact) mass is 1100 g/mol. The fourth-order valence-corrected chi connectivity index (χ4v) is 6.16. The Kier molecular flexibility index (Phi) is 16.1. The summed E-state index contributed by atoms with van der Waals surface area (Å²) in [5.74, 6) is 2.43. The van der Waals surface area contributed by atoms with E-state index in [0.29, 0.717) is 40.1 Å². The van der Waals surface area contributed by atoms with Crippen molar-refractivity contribution in [3.63, 3.8) is 0 Å². The van der Waals surface area contributed by atoms with Gasteiger partial charge in [-0.1, -0.05) is 97.0 Å². The Bertz CT molecular complexity index is 2230. The minimum Gasteiger partial charge on any atom is -0.515 e. The predicted molar refractivity (Wildman–Crippen MR) is 217 cm³/mol. The third-order valence-electron chi connectivity index (χ3n) is 8.66. The largest absolute Gasteiger partial charge is 2.00 e. The summed E-state index contributed by atoms with van der Waals surface area (Å²) < 4.78 is 6.05. The molecule has 56 heavy (non-hydrogen) atoms. The summed E-state index contributed by atoms with van der Waals surface area (Å²) in [7, 11) is 0. The van der Waals surface area contributed by atoms with Crippen LogP contribution in [0.1, 0.15) is 77.0 Å². The van der Waals surface area contributed by atoms with Gasteiger partial charge < -0.3 is 24.7 Å². The van der Waals surface area contributed by atoms with E-state index in [2.05, 4.69) is 135 Å². The van der Waals surface area contributed by atoms with Crippen LogP contribution < -0.4 is 4.74 Å². The van der Waals surface area contributed by atoms with E-state index < -0.39 is 0 Å². The van der Waals surface area contributed by atoms with Gasteiger partial charge >= 0.3 is 21.1 Å². The molecule has 0 amide bonds. The van der Waals surface area contributed by atoms with Crippen LogP contribution in [0.2, 0.25) is 0 Å². The standard InChI is InChI=1S/C32H27N4O.C16H18N.Ir.Pt/c1-21(2)28-12-7-13-29(22(3)4)31(28)25-14-15-30(34-18-25)23-8-5-10-26(16-23)37-27-11-6-9-24(17-27)32-35-19-33-20-36-32;1-16(2,3)11-13-9-10-15(17-12-13)14-7-5-4-6-8-14;;/h5-8,10-15,18-22H,1-4H3;4-7,9-10,12H,11H2,1-3H3;;/q-3;-1;;+2. The van der Waals surface area contributed by atoms with E-state index in [1.807, 2.05) is 54.9 Å². The molecule has 0 bridgehead atoms. The summed E-state index contributed by atoms with van der Waals surface area (Å²) in [6.45, 7) is 15.7. The van der Waals surface area contributed by atoms with E-state index in [-0.39, 0.29) is 41.2 Å². The van der Waals surface area contributed by atoms with Crippen LogP contribution >= 0.6 is 0 Å². The maximum Gasteiger partial charge on any atom is 2.00 e. The zero-order valence-corrected chi connectivity index (χ0v) is 37.4. The molecule has 0 saturated heterocycles. The van der Waals surface area contributed by atoms with Gasteiger partial charge in [-0.3, -0.25) is 6.07 Å². The molecule has 0 atom stereocenters. The van der Waals surface area contributed by atoms with Crippen LogP contribution in [0.4, 0.5) is 0 Å². The first-order valence-electron chi connectivity index (χ1n) is 18.3. The van der Waals surface area contributed by atoms with Crippen LogP contribution in [0.3, 0.4) is 0 Å². The Morgan fingerprint density at radius 3 is 1.88 bits per heavy atom. The Hall–Kier alpha value is -4.67. The Labute approximate surface area is 360 Å². The van der Waals surface area contributed by atoms with E-state index in [4.69, 9.17) is 9.72 Å². The summed E-state index contributed by atoms with van der Waals surface area (Å²) in [5, 5.41) is 0. The van der Waals surface area contributed by atoms with Crippen LogP contribution in [0.5, 0.6) is 11.5 Å². The fourth-order valence-electron chi connectivity index (χ4n) is 6.16. The number of ether oxygens (including phenoxy) is 1. The van der Waals surface area contributed by atoms with E-state index in [0.717, 1.165) is 34.5 Å². The molecule has 3 aromatic heterocycles. The topological polar surface area (TPSA) is 73.7 Å². The molecular weight excluding hydrogens is 1050 g/mol. The van der Waals surface area contributed by atoms with Crippen LogP contribution in [0, 0.1) is 29.7 Å². The van der Waals surface area contributed by atoms with Crippen molar-refractivity contribution in [2.24, 2.45) is 5.41 Å². The number of benzene rings is 4. The molecule has 0 aliphatic carbocycles. The summed E-state index contributed by atoms with van der Waals surface area (Å²) in [4.78, 5) is 21.5. The molecule has 289 valence electrons. The number of nitrogens with zero attached hydrogens (tertiary/aromatic N) is 5. The molecule has 1 radical (unpaired) electrons. The zero-order valence-electron chi connectivity index (χ0n) is 32.7. The third-order valence-corrected chi connectivity index (χ3v) is 8.66. The molecule has 0 unspecified atom stereocenters. The van der Waals surface area contributed by atoms with E-state index in [9.17, 15) is 0 Å². The molecule has 3 heterocycles. The first-order chi connectivity index (χ1) is 26.0. The molecule has 0 N–H and O–H groups in total. The van der Waals surface area contributed by atoms with Crippen LogP contribution in [0.25, 0.3) is 45.0 Å². The molecule has 0 spiro atoms. The molecule has 7 rings (SSSR count). The van der Waals surface area contributed by atoms with Crippen molar-refractivity contribution in [2.75, 3.05) is 0 Å². The minimum absolute atomic E-state index is 0. The second-order valence-electron chi connectivity index (χ2n) is 15.0. The Morgan fingerprint density at radius 1 is 0.625 bits per heavy atom. The van der Waals surface area contributed by atoms with Crippen LogP contribution in [-0.4, -0.2) is 24.9 Å². The molecule has 8 heteroatoms. The van der Waals surface area contributed by atoms with Gasteiger partial charge in [0.25, 0.3) is 0 Å². The summed E-state index contributed by atoms with van der Waals surface area (Å²) >= 11 is 0. The predicted octanol–water partition coefficient (Wildman–Crippen LogP) is 11.8. The van der Waals surface area contributed by atoms with Gasteiger partial charge in [0.05, 0.1) is 12.7 Å². The molecular formula is C48H45IrN5OPt-2. The molecule has 6 nitrogen and oxygen atoms in total. The molecule has 0 fully saturated rings. The fraction of sp³-hybridized carbons (Fsp3) is 0.229. The quantitative estimate of drug-likeness (QED) is 0.134. The number of hydrogen-bond donors (Lipinski definition) is 0. The first kappa shape index (κ1) is 44.0. The SMILES string of the molecule is CC(C)(C)Cc1ccc(-c2[c-]cccc2)nc1.CC(C)c1cccc(C(C)C)c1-c1ccc(-c2[c-]c(Oc3[c-]c(-c4ncncn4)[c-]cc3)ccc2)nc1.[Ir].[Pt+2]. The van der Waals surface area contributed by atoms with Crippen molar-refractivity contribution in [3.05, 3.63) is 163 Å². The number of rotatable bonds is 9. The second kappa shape index (κ2) is 20.5. The van der Waals surface area contributed by atoms with E-state index >= 15 is 0 Å². The molecule has 0 aliphatic rings. The third kappa shape index (κ3) is 11.9. The van der Waals surface area contributed by atoms with Crippen molar-refractivity contribution in [2.45, 2.75) is 66.7 Å². The number of hydrogen-bond acceptors (Lipinski definition) is 6. The summed E-state index contributed by atoms with van der Waals surface area (Å²) in [5.41, 5.74) is 11.0. The molecule has 0 aliphatic heterocycles. The van der Waals surface area contributed by atoms with E-state index in [1.165, 1.54) is 34.9 Å². The van der Waals surface area contributed by atoms with Crippen molar-refractivity contribution in [1.29, 1.82) is 0 Å². The Morgan fingerprint density at radius 2 is 1.27 bits per heavy atom. The summed E-state index contributed by atoms with van der Waals surface area (Å²) in [6.07, 6.45) is 7.88. The number of aromatic nitrogens is 5. The van der Waals surface area contributed by atoms with Gasteiger partial charge in [0.15, 0.2) is 0 Å². The second-order valence-corrected chi connectivity index (χ2v) is 15.0. The van der Waals surface area contributed by atoms with Crippen LogP contribution in [-0.2, 0) is 47.6 Å². The Balaban J connectivity index is 0.000000309. The van der Waals surface area contributed by atoms with Crippen LogP contribution in [0.15, 0.2) is 122 Å². The smallest absolute Gasteiger partial charge is 0.515 e. The van der Waals surface area contributed by atoms with Crippen molar-refractivity contribution in [1.82, 2.24) is 24.9 Å². The van der Waals surface area contributed by atoms with Crippen molar-refractivity contribution in [3.8, 4) is 56.5 Å². The van der Waals surface area contributed by atoms with E-state index in [1.54, 1.807) is 12.1 Å². The molecule has 0 saturated carbocycles. The van der Waals surface area contributed by atoms with Gasteiger partial charge in [-0.2, -0.15) is 6.07 Å². The minimum atomic E-state index is 0. The van der Waals surface area contributed by atoms with Gasteiger partial charge in [-0.05, 0) is 74.5 Å². The zero-order chi connectivity index (χ0) is 38.1. The number of pyridine rings is 2. The maximum atomic E-state index is 6.05. The van der Waals surface area contributed by atoms with Gasteiger partial charge in [-0.15, -0.1) is 59.7 Å². The normalized spacial score (nSPS) is 10.9. The average molecular weight is 1100 g/mol. The van der Waals surface area contributed by atoms with Crippen molar-refractivity contribution < 1.29 is 45.9 Å². The van der Waals surface area contributed by atoms with Gasteiger partial charge in [0, 0.05) is 38.2 Å². The van der Waals surface area contributed by atoms with Gasteiger partial charge in [0.1, 0.15) is 0 Å². The first-order valence-corrected chi connectivity index (χ1v) is 18.3. The van der Waals surface area contributed by atoms with Gasteiger partial charge in [-0.25, -0.2) is 22.7 Å². The maximum absolute atomic E-state index is 6.05. The molecule has 4 aromatic carbocycles. The van der Waals surface area contributed by atoms with Crippen molar-refractivity contribution >= 4 is 0 Å².